The second-order valence-corrected chi connectivity index (χ2v) is 6.67. The number of ether oxygens (including phenoxy) is 1. The molecule has 1 heterocycles. The molecule has 4 nitrogen and oxygen atoms in total. The van der Waals surface area contributed by atoms with E-state index in [-0.39, 0.29) is 28.6 Å². The smallest absolute Gasteiger partial charge is 0.263 e. The molecule has 1 saturated heterocycles. The molecule has 1 amide bonds. The first-order valence-corrected chi connectivity index (χ1v) is 8.54. The van der Waals surface area contributed by atoms with E-state index < -0.39 is 11.9 Å². The minimum Gasteiger partial charge on any atom is -0.479 e. The van der Waals surface area contributed by atoms with Crippen LogP contribution in [0.15, 0.2) is 48.5 Å². The summed E-state index contributed by atoms with van der Waals surface area (Å²) in [4.78, 5) is 14.4. The summed E-state index contributed by atoms with van der Waals surface area (Å²) in [6, 6.07) is 13.6. The van der Waals surface area contributed by atoms with Crippen LogP contribution in [0, 0.1) is 5.82 Å². The van der Waals surface area contributed by atoms with E-state index in [0.29, 0.717) is 13.1 Å². The molecule has 1 fully saturated rings. The van der Waals surface area contributed by atoms with Crippen LogP contribution >= 0.6 is 11.6 Å². The van der Waals surface area contributed by atoms with Gasteiger partial charge in [-0.15, -0.1) is 0 Å². The number of carbonyl (C=O) groups is 1. The molecule has 0 spiro atoms. The topological polar surface area (TPSA) is 55.6 Å². The minimum atomic E-state index is -0.732. The lowest BCUT2D eigenvalue weighted by atomic mass is 9.95. The highest BCUT2D eigenvalue weighted by Gasteiger charge is 2.36. The van der Waals surface area contributed by atoms with Crippen LogP contribution in [-0.4, -0.2) is 36.0 Å². The molecule has 1 unspecified atom stereocenters. The van der Waals surface area contributed by atoms with E-state index >= 15 is 0 Å². The molecule has 1 aliphatic heterocycles. The minimum absolute atomic E-state index is 0.103. The van der Waals surface area contributed by atoms with Gasteiger partial charge in [-0.2, -0.15) is 0 Å². The maximum atomic E-state index is 13.1. The number of amides is 1. The molecule has 0 aliphatic carbocycles. The Bertz CT molecular complexity index is 756. The lowest BCUT2D eigenvalue weighted by Gasteiger charge is -2.22. The Morgan fingerprint density at radius 1 is 1.28 bits per heavy atom. The van der Waals surface area contributed by atoms with Crippen molar-refractivity contribution < 1.29 is 13.9 Å². The largest absolute Gasteiger partial charge is 0.479 e. The van der Waals surface area contributed by atoms with Crippen molar-refractivity contribution in [1.29, 1.82) is 0 Å². The van der Waals surface area contributed by atoms with Crippen LogP contribution < -0.4 is 10.5 Å². The number of nitrogens with zero attached hydrogens (tertiary/aromatic N) is 1. The fourth-order valence-electron chi connectivity index (χ4n) is 3.13. The predicted octanol–water partition coefficient (Wildman–Crippen LogP) is 3.20. The van der Waals surface area contributed by atoms with Crippen LogP contribution in [-0.2, 0) is 4.79 Å². The highest BCUT2D eigenvalue weighted by Crippen LogP contribution is 2.29. The third-order valence-electron chi connectivity index (χ3n) is 4.45. The van der Waals surface area contributed by atoms with Gasteiger partial charge in [0.1, 0.15) is 11.6 Å². The van der Waals surface area contributed by atoms with Gasteiger partial charge in [-0.25, -0.2) is 4.39 Å². The van der Waals surface area contributed by atoms with E-state index in [0.717, 1.165) is 11.6 Å². The van der Waals surface area contributed by atoms with Gasteiger partial charge >= 0.3 is 0 Å². The summed E-state index contributed by atoms with van der Waals surface area (Å²) in [5.74, 6) is -0.222. The van der Waals surface area contributed by atoms with Crippen molar-refractivity contribution in [3.63, 3.8) is 0 Å². The quantitative estimate of drug-likeness (QED) is 0.908. The van der Waals surface area contributed by atoms with Gasteiger partial charge in [0, 0.05) is 25.0 Å². The maximum Gasteiger partial charge on any atom is 0.263 e. The van der Waals surface area contributed by atoms with Gasteiger partial charge in [0.25, 0.3) is 5.91 Å². The third kappa shape index (κ3) is 3.94. The summed E-state index contributed by atoms with van der Waals surface area (Å²) in [7, 11) is 0. The molecule has 6 heteroatoms. The van der Waals surface area contributed by atoms with Crippen molar-refractivity contribution in [2.45, 2.75) is 25.0 Å². The van der Waals surface area contributed by atoms with E-state index in [1.165, 1.54) is 12.1 Å². The Labute approximate surface area is 151 Å². The fourth-order valence-corrected chi connectivity index (χ4v) is 3.34. The van der Waals surface area contributed by atoms with Crippen molar-refractivity contribution in [2.75, 3.05) is 13.1 Å². The highest BCUT2D eigenvalue weighted by atomic mass is 35.5. The summed E-state index contributed by atoms with van der Waals surface area (Å²) < 4.78 is 18.7. The monoisotopic (exact) mass is 362 g/mol. The predicted molar refractivity (Wildman–Crippen MR) is 95.2 cm³/mol. The van der Waals surface area contributed by atoms with Crippen LogP contribution in [0.3, 0.4) is 0 Å². The van der Waals surface area contributed by atoms with Crippen molar-refractivity contribution in [1.82, 2.24) is 4.90 Å². The Morgan fingerprint density at radius 3 is 2.68 bits per heavy atom. The van der Waals surface area contributed by atoms with Gasteiger partial charge in [-0.1, -0.05) is 41.9 Å². The van der Waals surface area contributed by atoms with E-state index in [1.54, 1.807) is 11.8 Å². The zero-order valence-corrected chi connectivity index (χ0v) is 14.6. The summed E-state index contributed by atoms with van der Waals surface area (Å²) in [6.07, 6.45) is -0.732. The molecule has 3 rings (SSSR count). The molecule has 0 radical (unpaired) electrons. The molecule has 1 aliphatic rings. The second kappa shape index (κ2) is 7.42. The first kappa shape index (κ1) is 17.7. The van der Waals surface area contributed by atoms with Gasteiger partial charge in [0.2, 0.25) is 0 Å². The molecule has 132 valence electrons. The van der Waals surface area contributed by atoms with E-state index in [9.17, 15) is 9.18 Å². The summed E-state index contributed by atoms with van der Waals surface area (Å²) in [6.45, 7) is 2.68. The van der Waals surface area contributed by atoms with Gasteiger partial charge < -0.3 is 15.4 Å². The Hall–Kier alpha value is -2.11. The molecule has 2 N–H and O–H groups in total. The highest BCUT2D eigenvalue weighted by molar-refractivity contribution is 6.32. The van der Waals surface area contributed by atoms with Crippen molar-refractivity contribution in [3.8, 4) is 5.75 Å². The van der Waals surface area contributed by atoms with Crippen molar-refractivity contribution >= 4 is 17.5 Å². The number of nitrogens with two attached hydrogens (primary N) is 1. The average molecular weight is 363 g/mol. The molecule has 0 bridgehead atoms. The zero-order valence-electron chi connectivity index (χ0n) is 13.9. The van der Waals surface area contributed by atoms with Gasteiger partial charge in [-0.3, -0.25) is 4.79 Å². The van der Waals surface area contributed by atoms with Crippen LogP contribution in [0.5, 0.6) is 5.75 Å². The lowest BCUT2D eigenvalue weighted by molar-refractivity contribution is -0.136. The number of hydrogen-bond acceptors (Lipinski definition) is 3. The van der Waals surface area contributed by atoms with E-state index in [4.69, 9.17) is 22.1 Å². The third-order valence-corrected chi connectivity index (χ3v) is 4.75. The molecule has 0 saturated carbocycles. The lowest BCUT2D eigenvalue weighted by Crippen LogP contribution is -2.40. The SMILES string of the molecule is CC(Oc1ccc(F)cc1Cl)C(=O)N1C[C@@H](N)[C@H](c2ccccc2)C1. The number of carbonyl (C=O) groups excluding carboxylic acids is 1. The van der Waals surface area contributed by atoms with Crippen molar-refractivity contribution in [3.05, 3.63) is 64.9 Å². The normalized spacial score (nSPS) is 21.2. The Balaban J connectivity index is 1.66. The second-order valence-electron chi connectivity index (χ2n) is 6.26. The first-order chi connectivity index (χ1) is 12.0. The van der Waals surface area contributed by atoms with Gasteiger partial charge in [0.15, 0.2) is 6.10 Å². The molecule has 0 aromatic heterocycles. The average Bonchev–Trinajstić information content (AvgIpc) is 2.99. The molecule has 2 aromatic rings. The Morgan fingerprint density at radius 2 is 2.00 bits per heavy atom. The Kier molecular flexibility index (Phi) is 5.25. The number of halogens is 2. The van der Waals surface area contributed by atoms with E-state index in [2.05, 4.69) is 0 Å². The van der Waals surface area contributed by atoms with Crippen LogP contribution in [0.25, 0.3) is 0 Å². The van der Waals surface area contributed by atoms with Gasteiger partial charge in [-0.05, 0) is 30.7 Å². The summed E-state index contributed by atoms with van der Waals surface area (Å²) in [5.41, 5.74) is 7.36. The number of hydrogen-bond donors (Lipinski definition) is 1. The maximum absolute atomic E-state index is 13.1. The molecular weight excluding hydrogens is 343 g/mol. The molecule has 3 atom stereocenters. The van der Waals surface area contributed by atoms with Crippen molar-refractivity contribution in [2.24, 2.45) is 5.73 Å². The zero-order chi connectivity index (χ0) is 18.0. The molecule has 2 aromatic carbocycles. The van der Waals surface area contributed by atoms with Crippen LogP contribution in [0.4, 0.5) is 4.39 Å². The van der Waals surface area contributed by atoms with Crippen LogP contribution in [0.2, 0.25) is 5.02 Å². The first-order valence-electron chi connectivity index (χ1n) is 8.16. The van der Waals surface area contributed by atoms with E-state index in [1.807, 2.05) is 30.3 Å². The van der Waals surface area contributed by atoms with Gasteiger partial charge in [0.05, 0.1) is 5.02 Å². The standard InChI is InChI=1S/C19H20ClFN2O2/c1-12(25-18-8-7-14(21)9-16(18)20)19(24)23-10-15(17(22)11-23)13-5-3-2-4-6-13/h2-9,12,15,17H,10-11,22H2,1H3/t12?,15-,17+/m0/s1. The summed E-state index contributed by atoms with van der Waals surface area (Å²) >= 11 is 5.95. The number of rotatable bonds is 4. The fraction of sp³-hybridized carbons (Fsp3) is 0.316. The number of benzene rings is 2. The molecular formula is C19H20ClFN2O2. The molecule has 25 heavy (non-hydrogen) atoms. The number of likely N-dealkylation sites (tertiary alicyclic amines) is 1. The van der Waals surface area contributed by atoms with Crippen LogP contribution in [0.1, 0.15) is 18.4 Å². The summed E-state index contributed by atoms with van der Waals surface area (Å²) in [5, 5.41) is 0.139.